The molecule has 23 heavy (non-hydrogen) atoms. The van der Waals surface area contributed by atoms with E-state index >= 15 is 0 Å². The van der Waals surface area contributed by atoms with E-state index < -0.39 is 24.0 Å². The maximum absolute atomic E-state index is 9.57. The van der Waals surface area contributed by atoms with Gasteiger partial charge in [0.2, 0.25) is 0 Å². The molecule has 0 bridgehead atoms. The second-order valence-corrected chi connectivity index (χ2v) is 5.79. The summed E-state index contributed by atoms with van der Waals surface area (Å²) in [6, 6.07) is -1.46. The Hall–Kier alpha value is -0.426. The SMILES string of the molecule is C1CCCC1.C1CCCC1.C[C@H](N)C(=O)O.C[C@H](N)C(=O)O.[Ti]. The Kier molecular flexibility index (Phi) is 23.4. The van der Waals surface area contributed by atoms with Crippen LogP contribution >= 0.6 is 0 Å². The van der Waals surface area contributed by atoms with Crippen LogP contribution in [0.2, 0.25) is 0 Å². The number of rotatable bonds is 2. The summed E-state index contributed by atoms with van der Waals surface area (Å²) >= 11 is 0. The van der Waals surface area contributed by atoms with Crippen LogP contribution in [0.5, 0.6) is 0 Å². The Bertz CT molecular complexity index is 236. The molecule has 0 heterocycles. The van der Waals surface area contributed by atoms with Gasteiger partial charge in [0.15, 0.2) is 0 Å². The standard InChI is InChI=1S/2C5H10.2C3H7NO2.Ti/c2*1-2-4-5-3-1;2*1-2(4)3(5)6;/h2*1-5H2;2*2H,4H2,1H3,(H,5,6);/t;;2*2-;/m..00./s1. The molecule has 0 unspecified atom stereocenters. The van der Waals surface area contributed by atoms with Crippen LogP contribution < -0.4 is 11.5 Å². The monoisotopic (exact) mass is 366 g/mol. The summed E-state index contributed by atoms with van der Waals surface area (Å²) in [5.41, 5.74) is 9.67. The molecule has 0 saturated heterocycles. The molecule has 0 aromatic rings. The largest absolute Gasteiger partial charge is 0.480 e. The van der Waals surface area contributed by atoms with E-state index in [1.165, 1.54) is 78.1 Å². The Morgan fingerprint density at radius 1 is 0.652 bits per heavy atom. The molecule has 6 nitrogen and oxygen atoms in total. The van der Waals surface area contributed by atoms with Crippen LogP contribution in [-0.2, 0) is 31.3 Å². The summed E-state index contributed by atoms with van der Waals surface area (Å²) in [5.74, 6) is -1.93. The first-order chi connectivity index (χ1) is 10.3. The summed E-state index contributed by atoms with van der Waals surface area (Å²) in [7, 11) is 0. The number of aliphatic carboxylic acids is 2. The van der Waals surface area contributed by atoms with E-state index in [0.29, 0.717) is 0 Å². The molecule has 136 valence electrons. The number of carboxylic acids is 2. The van der Waals surface area contributed by atoms with E-state index in [4.69, 9.17) is 21.7 Å². The molecule has 0 aromatic heterocycles. The minimum Gasteiger partial charge on any atom is -0.480 e. The second-order valence-electron chi connectivity index (χ2n) is 5.79. The molecule has 2 atom stereocenters. The number of carbonyl (C=O) groups is 2. The fraction of sp³-hybridized carbons (Fsp3) is 0.875. The molecule has 0 aromatic carbocycles. The van der Waals surface area contributed by atoms with Crippen LogP contribution in [0.3, 0.4) is 0 Å². The third-order valence-corrected chi connectivity index (χ3v) is 3.28. The number of hydrogen-bond acceptors (Lipinski definition) is 4. The fourth-order valence-corrected chi connectivity index (χ4v) is 1.77. The van der Waals surface area contributed by atoms with Gasteiger partial charge in [0.1, 0.15) is 12.1 Å². The van der Waals surface area contributed by atoms with Crippen LogP contribution in [-0.4, -0.2) is 34.2 Å². The molecule has 2 rings (SSSR count). The zero-order valence-corrected chi connectivity index (χ0v) is 16.2. The number of carboxylic acid groups (broad SMARTS) is 2. The quantitative estimate of drug-likeness (QED) is 0.557. The van der Waals surface area contributed by atoms with Gasteiger partial charge in [0.25, 0.3) is 0 Å². The van der Waals surface area contributed by atoms with Crippen molar-refractivity contribution in [1.29, 1.82) is 0 Å². The van der Waals surface area contributed by atoms with Gasteiger partial charge in [0.05, 0.1) is 0 Å². The van der Waals surface area contributed by atoms with Crippen LogP contribution in [0.15, 0.2) is 0 Å². The molecule has 2 saturated carbocycles. The summed E-state index contributed by atoms with van der Waals surface area (Å²) < 4.78 is 0. The van der Waals surface area contributed by atoms with Crippen molar-refractivity contribution in [1.82, 2.24) is 0 Å². The van der Waals surface area contributed by atoms with E-state index in [1.54, 1.807) is 0 Å². The van der Waals surface area contributed by atoms with Crippen molar-refractivity contribution in [2.24, 2.45) is 11.5 Å². The summed E-state index contributed by atoms with van der Waals surface area (Å²) in [4.78, 5) is 19.1. The summed E-state index contributed by atoms with van der Waals surface area (Å²) in [6.45, 7) is 2.84. The molecule has 6 N–H and O–H groups in total. The molecule has 2 fully saturated rings. The van der Waals surface area contributed by atoms with Crippen molar-refractivity contribution in [2.45, 2.75) is 90.1 Å². The van der Waals surface area contributed by atoms with Crippen LogP contribution in [0.1, 0.15) is 78.1 Å². The van der Waals surface area contributed by atoms with E-state index in [1.807, 2.05) is 0 Å². The molecule has 0 aliphatic heterocycles. The molecule has 2 aliphatic carbocycles. The van der Waals surface area contributed by atoms with E-state index in [0.717, 1.165) is 0 Å². The molecular formula is C16H34N2O4Ti. The molecular weight excluding hydrogens is 332 g/mol. The van der Waals surface area contributed by atoms with Gasteiger partial charge >= 0.3 is 11.9 Å². The Morgan fingerprint density at radius 2 is 0.739 bits per heavy atom. The van der Waals surface area contributed by atoms with Crippen molar-refractivity contribution in [3.05, 3.63) is 0 Å². The predicted molar refractivity (Wildman–Crippen MR) is 88.7 cm³/mol. The molecule has 0 radical (unpaired) electrons. The molecule has 2 aliphatic rings. The zero-order chi connectivity index (χ0) is 17.4. The van der Waals surface area contributed by atoms with Gasteiger partial charge in [-0.1, -0.05) is 64.2 Å². The first-order valence-electron chi connectivity index (χ1n) is 8.25. The van der Waals surface area contributed by atoms with Crippen LogP contribution in [0.25, 0.3) is 0 Å². The van der Waals surface area contributed by atoms with Gasteiger partial charge in [-0.2, -0.15) is 0 Å². The third-order valence-electron chi connectivity index (χ3n) is 3.28. The Balaban J connectivity index is -0.000000229. The minimum absolute atomic E-state index is 0. The van der Waals surface area contributed by atoms with Crippen molar-refractivity contribution >= 4 is 11.9 Å². The van der Waals surface area contributed by atoms with Gasteiger partial charge < -0.3 is 21.7 Å². The molecule has 0 spiro atoms. The van der Waals surface area contributed by atoms with Gasteiger partial charge in [-0.3, -0.25) is 9.59 Å². The first kappa shape index (κ1) is 27.4. The van der Waals surface area contributed by atoms with Gasteiger partial charge in [-0.25, -0.2) is 0 Å². The Labute approximate surface area is 155 Å². The van der Waals surface area contributed by atoms with Crippen molar-refractivity contribution in [3.8, 4) is 0 Å². The van der Waals surface area contributed by atoms with Gasteiger partial charge in [-0.15, -0.1) is 0 Å². The van der Waals surface area contributed by atoms with E-state index in [-0.39, 0.29) is 21.7 Å². The maximum Gasteiger partial charge on any atom is 0.320 e. The van der Waals surface area contributed by atoms with Gasteiger partial charge in [0, 0.05) is 21.7 Å². The third kappa shape index (κ3) is 26.8. The molecule has 7 heteroatoms. The normalized spacial score (nSPS) is 17.6. The van der Waals surface area contributed by atoms with Crippen molar-refractivity contribution in [2.75, 3.05) is 0 Å². The summed E-state index contributed by atoms with van der Waals surface area (Å²) in [6.07, 6.45) is 15.0. The number of nitrogens with two attached hydrogens (primary N) is 2. The Morgan fingerprint density at radius 3 is 0.783 bits per heavy atom. The smallest absolute Gasteiger partial charge is 0.320 e. The average molecular weight is 366 g/mol. The van der Waals surface area contributed by atoms with E-state index in [2.05, 4.69) is 0 Å². The summed E-state index contributed by atoms with van der Waals surface area (Å²) in [5, 5.41) is 15.7. The maximum atomic E-state index is 9.57. The first-order valence-corrected chi connectivity index (χ1v) is 8.25. The number of hydrogen-bond donors (Lipinski definition) is 4. The molecule has 0 amide bonds. The average Bonchev–Trinajstić information content (AvgIpc) is 3.18. The van der Waals surface area contributed by atoms with Crippen molar-refractivity contribution in [3.63, 3.8) is 0 Å². The predicted octanol–water partition coefficient (Wildman–Crippen LogP) is 2.73. The van der Waals surface area contributed by atoms with E-state index in [9.17, 15) is 9.59 Å². The zero-order valence-electron chi connectivity index (χ0n) is 14.6. The van der Waals surface area contributed by atoms with Crippen LogP contribution in [0, 0.1) is 0 Å². The fourth-order valence-electron chi connectivity index (χ4n) is 1.77. The van der Waals surface area contributed by atoms with Crippen molar-refractivity contribution < 1.29 is 41.5 Å². The van der Waals surface area contributed by atoms with Gasteiger partial charge in [-0.05, 0) is 13.8 Å². The topological polar surface area (TPSA) is 127 Å². The van der Waals surface area contributed by atoms with Crippen LogP contribution in [0.4, 0.5) is 0 Å². The minimum atomic E-state index is -0.963. The second kappa shape index (κ2) is 19.6.